The van der Waals surface area contributed by atoms with Crippen molar-refractivity contribution in [2.45, 2.75) is 6.92 Å². The van der Waals surface area contributed by atoms with Gasteiger partial charge in [-0.2, -0.15) is 10.2 Å². The van der Waals surface area contributed by atoms with Crippen LogP contribution in [0.2, 0.25) is 0 Å². The molecule has 0 aromatic carbocycles. The first-order chi connectivity index (χ1) is 6.81. The zero-order valence-electron chi connectivity index (χ0n) is 7.43. The summed E-state index contributed by atoms with van der Waals surface area (Å²) < 4.78 is 5.66. The maximum Gasteiger partial charge on any atom is 0.367 e. The van der Waals surface area contributed by atoms with Crippen molar-refractivity contribution in [3.8, 4) is 0 Å². The van der Waals surface area contributed by atoms with Gasteiger partial charge in [0.2, 0.25) is 5.01 Å². The van der Waals surface area contributed by atoms with E-state index < -0.39 is 5.97 Å². The molecular weight excluding hydrogens is 202 g/mol. The molecule has 0 spiro atoms. The highest BCUT2D eigenvalue weighted by Gasteiger charge is 2.12. The third-order valence-corrected chi connectivity index (χ3v) is 2.54. The fourth-order valence-corrected chi connectivity index (χ4v) is 1.78. The molecule has 6 heteroatoms. The minimum absolute atomic E-state index is 0.344. The zero-order chi connectivity index (χ0) is 9.97. The van der Waals surface area contributed by atoms with Crippen molar-refractivity contribution in [3.63, 3.8) is 0 Å². The third-order valence-electron chi connectivity index (χ3n) is 1.55. The van der Waals surface area contributed by atoms with Gasteiger partial charge in [-0.3, -0.25) is 0 Å². The average Bonchev–Trinajstić information content (AvgIpc) is 2.61. The lowest BCUT2D eigenvalue weighted by Gasteiger charge is -1.94. The number of fused-ring (bicyclic) bond motifs is 1. The number of carbonyl (C=O) groups excluding carboxylic acids is 1. The molecule has 0 saturated carbocycles. The molecule has 2 aromatic heterocycles. The number of esters is 1. The lowest BCUT2D eigenvalue weighted by atomic mass is 10.5. The summed E-state index contributed by atoms with van der Waals surface area (Å²) in [4.78, 5) is 15.4. The molecule has 14 heavy (non-hydrogen) atoms. The highest BCUT2D eigenvalue weighted by Crippen LogP contribution is 2.20. The highest BCUT2D eigenvalue weighted by atomic mass is 32.1. The molecule has 0 fully saturated rings. The van der Waals surface area contributed by atoms with Gasteiger partial charge in [-0.25, -0.2) is 9.78 Å². The fraction of sp³-hybridized carbons (Fsp3) is 0.250. The summed E-state index contributed by atoms with van der Waals surface area (Å²) in [6.07, 6.45) is 3.10. The quantitative estimate of drug-likeness (QED) is 0.697. The van der Waals surface area contributed by atoms with Crippen molar-refractivity contribution in [1.82, 2.24) is 15.2 Å². The number of thiazole rings is 1. The Bertz CT molecular complexity index is 435. The van der Waals surface area contributed by atoms with Crippen molar-refractivity contribution < 1.29 is 9.53 Å². The van der Waals surface area contributed by atoms with Crippen LogP contribution in [0.25, 0.3) is 10.2 Å². The molecule has 0 aliphatic carbocycles. The van der Waals surface area contributed by atoms with Crippen molar-refractivity contribution in [2.75, 3.05) is 6.61 Å². The van der Waals surface area contributed by atoms with Crippen LogP contribution in [0.4, 0.5) is 0 Å². The van der Waals surface area contributed by atoms with Crippen LogP contribution in [0.3, 0.4) is 0 Å². The third kappa shape index (κ3) is 1.56. The average molecular weight is 209 g/mol. The Morgan fingerprint density at radius 2 is 2.29 bits per heavy atom. The van der Waals surface area contributed by atoms with Crippen LogP contribution in [-0.2, 0) is 4.74 Å². The van der Waals surface area contributed by atoms with Crippen molar-refractivity contribution >= 4 is 27.5 Å². The number of rotatable bonds is 2. The lowest BCUT2D eigenvalue weighted by Crippen LogP contribution is -2.03. The minimum atomic E-state index is -0.395. The fourth-order valence-electron chi connectivity index (χ4n) is 0.983. The van der Waals surface area contributed by atoms with Crippen LogP contribution in [0.1, 0.15) is 16.7 Å². The Balaban J connectivity index is 2.40. The smallest absolute Gasteiger partial charge is 0.367 e. The topological polar surface area (TPSA) is 65.0 Å². The first-order valence-corrected chi connectivity index (χ1v) is 4.87. The number of carbonyl (C=O) groups is 1. The summed E-state index contributed by atoms with van der Waals surface area (Å²) in [5.74, 6) is -0.395. The van der Waals surface area contributed by atoms with Crippen LogP contribution in [0, 0.1) is 0 Å². The van der Waals surface area contributed by atoms with Gasteiger partial charge >= 0.3 is 5.97 Å². The maximum absolute atomic E-state index is 11.3. The van der Waals surface area contributed by atoms with Gasteiger partial charge in [-0.15, -0.1) is 11.3 Å². The van der Waals surface area contributed by atoms with Gasteiger partial charge in [0.1, 0.15) is 5.52 Å². The van der Waals surface area contributed by atoms with E-state index in [-0.39, 0.29) is 0 Å². The molecule has 2 heterocycles. The van der Waals surface area contributed by atoms with Gasteiger partial charge in [0.15, 0.2) is 0 Å². The standard InChI is InChI=1S/C8H7N3O2S/c1-2-13-8(12)7-11-5-3-9-10-4-6(5)14-7/h3-4H,2H2,1H3. The predicted octanol–water partition coefficient (Wildman–Crippen LogP) is 1.26. The van der Waals surface area contributed by atoms with Crippen molar-refractivity contribution in [2.24, 2.45) is 0 Å². The maximum atomic E-state index is 11.3. The number of hydrogen-bond donors (Lipinski definition) is 0. The summed E-state index contributed by atoms with van der Waals surface area (Å²) in [6.45, 7) is 2.11. The van der Waals surface area contributed by atoms with Crippen LogP contribution in [0.15, 0.2) is 12.4 Å². The summed E-state index contributed by atoms with van der Waals surface area (Å²) in [5, 5.41) is 7.72. The molecule has 0 unspecified atom stereocenters. The van der Waals surface area contributed by atoms with E-state index in [0.29, 0.717) is 17.1 Å². The van der Waals surface area contributed by atoms with Crippen LogP contribution < -0.4 is 0 Å². The normalized spacial score (nSPS) is 10.4. The Kier molecular flexibility index (Phi) is 2.36. The monoisotopic (exact) mass is 209 g/mol. The van der Waals surface area contributed by atoms with Crippen LogP contribution >= 0.6 is 11.3 Å². The van der Waals surface area contributed by atoms with Gasteiger partial charge in [0.05, 0.1) is 23.7 Å². The first kappa shape index (κ1) is 9.01. The number of ether oxygens (including phenoxy) is 1. The van der Waals surface area contributed by atoms with Gasteiger partial charge < -0.3 is 4.74 Å². The van der Waals surface area contributed by atoms with Crippen molar-refractivity contribution in [3.05, 3.63) is 17.4 Å². The molecular formula is C8H7N3O2S. The molecule has 5 nitrogen and oxygen atoms in total. The van der Waals surface area contributed by atoms with E-state index in [9.17, 15) is 4.79 Å². The van der Waals surface area contributed by atoms with E-state index in [1.165, 1.54) is 17.5 Å². The Morgan fingerprint density at radius 1 is 1.50 bits per heavy atom. The SMILES string of the molecule is CCOC(=O)c1nc2cnncc2s1. The minimum Gasteiger partial charge on any atom is -0.461 e. The van der Waals surface area contributed by atoms with E-state index >= 15 is 0 Å². The van der Waals surface area contributed by atoms with E-state index in [1.54, 1.807) is 13.1 Å². The van der Waals surface area contributed by atoms with E-state index in [0.717, 1.165) is 4.70 Å². The second kappa shape index (κ2) is 3.67. The molecule has 0 saturated heterocycles. The molecule has 2 aromatic rings. The molecule has 72 valence electrons. The molecule has 0 bridgehead atoms. The lowest BCUT2D eigenvalue weighted by molar-refractivity contribution is 0.0526. The van der Waals surface area contributed by atoms with Gasteiger partial charge in [0, 0.05) is 0 Å². The van der Waals surface area contributed by atoms with E-state index in [2.05, 4.69) is 15.2 Å². The zero-order valence-corrected chi connectivity index (χ0v) is 8.24. The Labute approximate surface area is 83.8 Å². The van der Waals surface area contributed by atoms with Gasteiger partial charge in [-0.05, 0) is 6.92 Å². The molecule has 0 amide bonds. The molecule has 0 atom stereocenters. The predicted molar refractivity (Wildman–Crippen MR) is 51.2 cm³/mol. The molecule has 2 rings (SSSR count). The van der Waals surface area contributed by atoms with Gasteiger partial charge in [0.25, 0.3) is 0 Å². The molecule has 0 radical (unpaired) electrons. The van der Waals surface area contributed by atoms with E-state index in [4.69, 9.17) is 4.74 Å². The number of aromatic nitrogens is 3. The van der Waals surface area contributed by atoms with E-state index in [1.807, 2.05) is 0 Å². The second-order valence-electron chi connectivity index (χ2n) is 2.48. The van der Waals surface area contributed by atoms with Crippen LogP contribution in [-0.4, -0.2) is 27.8 Å². The largest absolute Gasteiger partial charge is 0.461 e. The summed E-state index contributed by atoms with van der Waals surface area (Å²) in [6, 6.07) is 0. The van der Waals surface area contributed by atoms with Crippen molar-refractivity contribution in [1.29, 1.82) is 0 Å². The first-order valence-electron chi connectivity index (χ1n) is 4.05. The molecule has 0 aliphatic rings. The van der Waals surface area contributed by atoms with Gasteiger partial charge in [-0.1, -0.05) is 0 Å². The number of hydrogen-bond acceptors (Lipinski definition) is 6. The van der Waals surface area contributed by atoms with Crippen LogP contribution in [0.5, 0.6) is 0 Å². The summed E-state index contributed by atoms with van der Waals surface area (Å²) in [5.41, 5.74) is 0.674. The Morgan fingerprint density at radius 3 is 3.00 bits per heavy atom. The summed E-state index contributed by atoms with van der Waals surface area (Å²) in [7, 11) is 0. The highest BCUT2D eigenvalue weighted by molar-refractivity contribution is 7.20. The second-order valence-corrected chi connectivity index (χ2v) is 3.51. The summed E-state index contributed by atoms with van der Waals surface area (Å²) >= 11 is 1.26. The molecule has 0 N–H and O–H groups in total. The molecule has 0 aliphatic heterocycles. The Hall–Kier alpha value is -1.56. The number of nitrogens with zero attached hydrogens (tertiary/aromatic N) is 3.